The highest BCUT2D eigenvalue weighted by molar-refractivity contribution is 5.25. The second-order valence-electron chi connectivity index (χ2n) is 7.64. The molecule has 146 valence electrons. The molecule has 0 aliphatic carbocycles. The lowest BCUT2D eigenvalue weighted by atomic mass is 9.89. The lowest BCUT2D eigenvalue weighted by Gasteiger charge is -2.32. The fraction of sp³-hybridized carbons (Fsp3) is 0.565. The van der Waals surface area contributed by atoms with Gasteiger partial charge in [0, 0.05) is 30.2 Å². The van der Waals surface area contributed by atoms with Gasteiger partial charge < -0.3 is 4.74 Å². The Morgan fingerprint density at radius 2 is 1.78 bits per heavy atom. The van der Waals surface area contributed by atoms with Crippen molar-refractivity contribution in [2.75, 3.05) is 20.2 Å². The molecular formula is C23H33N3O. The first-order valence-corrected chi connectivity index (χ1v) is 10.4. The van der Waals surface area contributed by atoms with Gasteiger partial charge in [0.05, 0.1) is 7.11 Å². The number of nitrogens with zero attached hydrogens (tertiary/aromatic N) is 3. The van der Waals surface area contributed by atoms with Crippen LogP contribution in [0.25, 0.3) is 0 Å². The molecule has 2 aromatic rings. The number of hydrogen-bond acceptors (Lipinski definition) is 4. The monoisotopic (exact) mass is 367 g/mol. The minimum atomic E-state index is 0.760. The van der Waals surface area contributed by atoms with Crippen molar-refractivity contribution in [1.82, 2.24) is 14.9 Å². The summed E-state index contributed by atoms with van der Waals surface area (Å²) < 4.78 is 5.39. The van der Waals surface area contributed by atoms with Crippen molar-refractivity contribution in [2.24, 2.45) is 5.92 Å². The molecule has 0 radical (unpaired) electrons. The maximum atomic E-state index is 5.39. The number of ether oxygens (including phenoxy) is 1. The fourth-order valence-electron chi connectivity index (χ4n) is 4.03. The molecule has 27 heavy (non-hydrogen) atoms. The van der Waals surface area contributed by atoms with E-state index in [1.165, 1.54) is 68.4 Å². The van der Waals surface area contributed by atoms with Gasteiger partial charge in [-0.1, -0.05) is 25.5 Å². The Labute approximate surface area is 164 Å². The molecule has 1 saturated heterocycles. The molecule has 0 aromatic carbocycles. The first-order chi connectivity index (χ1) is 13.3. The third-order valence-electron chi connectivity index (χ3n) is 5.72. The Bertz CT molecular complexity index is 696. The average Bonchev–Trinajstić information content (AvgIpc) is 2.72. The molecule has 3 heterocycles. The van der Waals surface area contributed by atoms with E-state index in [-0.39, 0.29) is 0 Å². The molecule has 4 nitrogen and oxygen atoms in total. The first-order valence-electron chi connectivity index (χ1n) is 10.4. The summed E-state index contributed by atoms with van der Waals surface area (Å²) in [5.74, 6) is 1.59. The van der Waals surface area contributed by atoms with Crippen LogP contribution in [0, 0.1) is 5.92 Å². The molecule has 0 spiro atoms. The van der Waals surface area contributed by atoms with Gasteiger partial charge in [0.15, 0.2) is 0 Å². The number of unbranched alkanes of at least 4 members (excludes halogenated alkanes) is 1. The van der Waals surface area contributed by atoms with Gasteiger partial charge in [0.25, 0.3) is 0 Å². The Morgan fingerprint density at radius 1 is 1.04 bits per heavy atom. The van der Waals surface area contributed by atoms with E-state index in [0.29, 0.717) is 0 Å². The minimum Gasteiger partial charge on any atom is -0.481 e. The maximum absolute atomic E-state index is 5.39. The second-order valence-corrected chi connectivity index (χ2v) is 7.64. The summed E-state index contributed by atoms with van der Waals surface area (Å²) in [6, 6.07) is 8.49. The number of aromatic nitrogens is 2. The van der Waals surface area contributed by atoms with E-state index in [9.17, 15) is 0 Å². The number of likely N-dealkylation sites (tertiary alicyclic amines) is 1. The van der Waals surface area contributed by atoms with Crippen LogP contribution in [-0.2, 0) is 19.4 Å². The Hall–Kier alpha value is -1.94. The van der Waals surface area contributed by atoms with Crippen molar-refractivity contribution in [2.45, 2.75) is 58.4 Å². The molecule has 1 aliphatic rings. The number of aryl methyl sites for hydroxylation is 2. The summed E-state index contributed by atoms with van der Waals surface area (Å²) in [4.78, 5) is 11.5. The van der Waals surface area contributed by atoms with Gasteiger partial charge in [-0.25, -0.2) is 4.98 Å². The quantitative estimate of drug-likeness (QED) is 0.645. The van der Waals surface area contributed by atoms with Gasteiger partial charge in [-0.3, -0.25) is 9.88 Å². The van der Waals surface area contributed by atoms with Crippen LogP contribution in [-0.4, -0.2) is 35.1 Å². The SMILES string of the molecule is CCCCc1ncccc1CCC1CCN(Cc2cccnc2OC)CC1. The first kappa shape index (κ1) is 19.8. The summed E-state index contributed by atoms with van der Waals surface area (Å²) in [5, 5.41) is 0. The highest BCUT2D eigenvalue weighted by atomic mass is 16.5. The van der Waals surface area contributed by atoms with E-state index in [1.807, 2.05) is 12.3 Å². The Kier molecular flexibility index (Phi) is 7.64. The van der Waals surface area contributed by atoms with Crippen LogP contribution in [0.5, 0.6) is 5.88 Å². The van der Waals surface area contributed by atoms with Crippen LogP contribution in [0.2, 0.25) is 0 Å². The molecule has 2 aromatic heterocycles. The van der Waals surface area contributed by atoms with Crippen LogP contribution in [0.15, 0.2) is 36.7 Å². The van der Waals surface area contributed by atoms with Crippen LogP contribution >= 0.6 is 0 Å². The molecule has 0 amide bonds. The molecule has 1 aliphatic heterocycles. The summed E-state index contributed by atoms with van der Waals surface area (Å²) >= 11 is 0. The van der Waals surface area contributed by atoms with Gasteiger partial charge in [-0.05, 0) is 75.2 Å². The number of piperidine rings is 1. The minimum absolute atomic E-state index is 0.760. The Balaban J connectivity index is 1.46. The molecule has 0 unspecified atom stereocenters. The standard InChI is InChI=1S/C23H33N3O/c1-3-4-9-22-20(7-5-14-24-22)11-10-19-12-16-26(17-13-19)18-21-8-6-15-25-23(21)27-2/h5-8,14-15,19H,3-4,9-13,16-18H2,1-2H3. The zero-order chi connectivity index (χ0) is 18.9. The lowest BCUT2D eigenvalue weighted by Crippen LogP contribution is -2.33. The van der Waals surface area contributed by atoms with Crippen molar-refractivity contribution in [3.63, 3.8) is 0 Å². The predicted molar refractivity (Wildman–Crippen MR) is 110 cm³/mol. The Morgan fingerprint density at radius 3 is 2.52 bits per heavy atom. The lowest BCUT2D eigenvalue weighted by molar-refractivity contribution is 0.170. The van der Waals surface area contributed by atoms with E-state index >= 15 is 0 Å². The van der Waals surface area contributed by atoms with E-state index in [4.69, 9.17) is 4.74 Å². The smallest absolute Gasteiger partial charge is 0.217 e. The normalized spacial score (nSPS) is 15.8. The van der Waals surface area contributed by atoms with Gasteiger partial charge in [-0.15, -0.1) is 0 Å². The molecule has 1 fully saturated rings. The summed E-state index contributed by atoms with van der Waals surface area (Å²) in [7, 11) is 1.70. The van der Waals surface area contributed by atoms with Crippen LogP contribution < -0.4 is 4.74 Å². The van der Waals surface area contributed by atoms with Crippen LogP contribution in [0.1, 0.15) is 55.8 Å². The topological polar surface area (TPSA) is 38.2 Å². The molecule has 0 bridgehead atoms. The summed E-state index contributed by atoms with van der Waals surface area (Å²) in [6.07, 6.45) is 12.4. The zero-order valence-corrected chi connectivity index (χ0v) is 16.9. The van der Waals surface area contributed by atoms with Crippen LogP contribution in [0.4, 0.5) is 0 Å². The van der Waals surface area contributed by atoms with Gasteiger partial charge in [-0.2, -0.15) is 0 Å². The van der Waals surface area contributed by atoms with Crippen molar-refractivity contribution in [3.05, 3.63) is 53.5 Å². The molecule has 4 heteroatoms. The third kappa shape index (κ3) is 5.77. The van der Waals surface area contributed by atoms with Crippen LogP contribution in [0.3, 0.4) is 0 Å². The van der Waals surface area contributed by atoms with Gasteiger partial charge in [0.1, 0.15) is 0 Å². The highest BCUT2D eigenvalue weighted by Gasteiger charge is 2.20. The molecule has 3 rings (SSSR count). The zero-order valence-electron chi connectivity index (χ0n) is 16.9. The van der Waals surface area contributed by atoms with Crippen molar-refractivity contribution in [3.8, 4) is 5.88 Å². The van der Waals surface area contributed by atoms with E-state index < -0.39 is 0 Å². The van der Waals surface area contributed by atoms with E-state index in [0.717, 1.165) is 24.8 Å². The number of hydrogen-bond donors (Lipinski definition) is 0. The fourth-order valence-corrected chi connectivity index (χ4v) is 4.03. The van der Waals surface area contributed by atoms with Gasteiger partial charge >= 0.3 is 0 Å². The maximum Gasteiger partial charge on any atom is 0.217 e. The largest absolute Gasteiger partial charge is 0.481 e. The molecular weight excluding hydrogens is 334 g/mol. The molecule has 0 saturated carbocycles. The molecule has 0 N–H and O–H groups in total. The second kappa shape index (κ2) is 10.4. The number of methoxy groups -OCH3 is 1. The van der Waals surface area contributed by atoms with Crippen molar-refractivity contribution in [1.29, 1.82) is 0 Å². The van der Waals surface area contributed by atoms with Crippen molar-refractivity contribution >= 4 is 0 Å². The highest BCUT2D eigenvalue weighted by Crippen LogP contribution is 2.25. The number of pyridine rings is 2. The van der Waals surface area contributed by atoms with Crippen molar-refractivity contribution < 1.29 is 4.74 Å². The van der Waals surface area contributed by atoms with E-state index in [1.54, 1.807) is 13.3 Å². The van der Waals surface area contributed by atoms with Gasteiger partial charge in [0.2, 0.25) is 5.88 Å². The average molecular weight is 368 g/mol. The molecule has 0 atom stereocenters. The third-order valence-corrected chi connectivity index (χ3v) is 5.72. The van der Waals surface area contributed by atoms with E-state index in [2.05, 4.69) is 40.0 Å². The number of rotatable bonds is 9. The predicted octanol–water partition coefficient (Wildman–Crippen LogP) is 4.67. The summed E-state index contributed by atoms with van der Waals surface area (Å²) in [5.41, 5.74) is 3.98. The summed E-state index contributed by atoms with van der Waals surface area (Å²) in [6.45, 7) is 5.52.